The van der Waals surface area contributed by atoms with Crippen LogP contribution in [0.1, 0.15) is 37.7 Å². The Labute approximate surface area is 118 Å². The third-order valence-corrected chi connectivity index (χ3v) is 4.22. The molecule has 0 aliphatic heterocycles. The van der Waals surface area contributed by atoms with Gasteiger partial charge in [-0.15, -0.1) is 0 Å². The van der Waals surface area contributed by atoms with E-state index in [1.807, 2.05) is 18.2 Å². The molecular weight excluding hydrogens is 250 g/mol. The Kier molecular flexibility index (Phi) is 3.54. The zero-order chi connectivity index (χ0) is 13.8. The Morgan fingerprint density at radius 1 is 1.15 bits per heavy atom. The highest BCUT2D eigenvalue weighted by atomic mass is 16.2. The highest BCUT2D eigenvalue weighted by molar-refractivity contribution is 5.99. The fourth-order valence-electron chi connectivity index (χ4n) is 3.13. The van der Waals surface area contributed by atoms with Crippen molar-refractivity contribution < 1.29 is 4.79 Å². The molecule has 4 nitrogen and oxygen atoms in total. The lowest BCUT2D eigenvalue weighted by molar-refractivity contribution is -0.122. The summed E-state index contributed by atoms with van der Waals surface area (Å²) >= 11 is 0. The summed E-state index contributed by atoms with van der Waals surface area (Å²) in [6.45, 7) is 0. The molecule has 0 atom stereocenters. The maximum absolute atomic E-state index is 12.8. The molecular formula is C16H19N3O. The average Bonchev–Trinajstić information content (AvgIpc) is 3.02. The zero-order valence-electron chi connectivity index (χ0n) is 11.4. The maximum atomic E-state index is 12.8. The predicted octanol–water partition coefficient (Wildman–Crippen LogP) is 3.25. The van der Waals surface area contributed by atoms with Crippen LogP contribution in [0, 0.1) is 0 Å². The van der Waals surface area contributed by atoms with Gasteiger partial charge < -0.3 is 5.32 Å². The number of amides is 1. The molecule has 4 heteroatoms. The molecule has 1 aromatic carbocycles. The predicted molar refractivity (Wildman–Crippen MR) is 78.4 cm³/mol. The number of H-pyrrole nitrogens is 1. The molecule has 1 aliphatic carbocycles. The molecule has 2 aromatic rings. The first-order chi connectivity index (χ1) is 9.81. The fourth-order valence-corrected chi connectivity index (χ4v) is 3.13. The summed E-state index contributed by atoms with van der Waals surface area (Å²) in [5, 5.41) is 9.60. The van der Waals surface area contributed by atoms with E-state index in [0.717, 1.165) is 36.9 Å². The molecule has 1 fully saturated rings. The second-order valence-electron chi connectivity index (χ2n) is 5.45. The van der Waals surface area contributed by atoms with E-state index in [-0.39, 0.29) is 5.91 Å². The topological polar surface area (TPSA) is 57.8 Å². The quantitative estimate of drug-likeness (QED) is 0.898. The van der Waals surface area contributed by atoms with Gasteiger partial charge in [0.1, 0.15) is 0 Å². The van der Waals surface area contributed by atoms with Crippen LogP contribution >= 0.6 is 0 Å². The number of carbonyl (C=O) groups excluding carboxylic acids is 1. The van der Waals surface area contributed by atoms with Crippen molar-refractivity contribution in [3.05, 3.63) is 48.3 Å². The van der Waals surface area contributed by atoms with Crippen LogP contribution in [-0.2, 0) is 10.2 Å². The van der Waals surface area contributed by atoms with E-state index in [4.69, 9.17) is 0 Å². The molecule has 104 valence electrons. The van der Waals surface area contributed by atoms with Gasteiger partial charge in [-0.25, -0.2) is 0 Å². The number of benzene rings is 1. The van der Waals surface area contributed by atoms with Gasteiger partial charge in [0.25, 0.3) is 0 Å². The van der Waals surface area contributed by atoms with Crippen LogP contribution in [0.2, 0.25) is 0 Å². The van der Waals surface area contributed by atoms with Crippen LogP contribution in [0.15, 0.2) is 42.7 Å². The fraction of sp³-hybridized carbons (Fsp3) is 0.375. The van der Waals surface area contributed by atoms with Crippen molar-refractivity contribution in [2.45, 2.75) is 37.5 Å². The molecule has 0 bridgehead atoms. The largest absolute Gasteiger partial charge is 0.323 e. The molecule has 1 heterocycles. The van der Waals surface area contributed by atoms with E-state index in [0.29, 0.717) is 0 Å². The summed E-state index contributed by atoms with van der Waals surface area (Å²) in [7, 11) is 0. The van der Waals surface area contributed by atoms with Gasteiger partial charge in [0.05, 0.1) is 17.3 Å². The minimum absolute atomic E-state index is 0.0878. The highest BCUT2D eigenvalue weighted by Crippen LogP contribution is 2.40. The molecule has 1 amide bonds. The van der Waals surface area contributed by atoms with Crippen LogP contribution in [0.5, 0.6) is 0 Å². The molecule has 20 heavy (non-hydrogen) atoms. The third-order valence-electron chi connectivity index (χ3n) is 4.22. The van der Waals surface area contributed by atoms with Crippen molar-refractivity contribution in [1.29, 1.82) is 0 Å². The number of hydrogen-bond acceptors (Lipinski definition) is 2. The summed E-state index contributed by atoms with van der Waals surface area (Å²) < 4.78 is 0. The van der Waals surface area contributed by atoms with Gasteiger partial charge >= 0.3 is 0 Å². The van der Waals surface area contributed by atoms with Gasteiger partial charge in [-0.2, -0.15) is 5.10 Å². The number of nitrogens with zero attached hydrogens (tertiary/aromatic N) is 1. The van der Waals surface area contributed by atoms with Crippen LogP contribution in [-0.4, -0.2) is 16.1 Å². The van der Waals surface area contributed by atoms with Crippen molar-refractivity contribution in [3.63, 3.8) is 0 Å². The highest BCUT2D eigenvalue weighted by Gasteiger charge is 2.41. The molecule has 0 unspecified atom stereocenters. The number of nitrogens with one attached hydrogen (secondary N) is 2. The first-order valence-electron chi connectivity index (χ1n) is 7.17. The lowest BCUT2D eigenvalue weighted by Gasteiger charge is -2.36. The molecule has 1 saturated carbocycles. The monoisotopic (exact) mass is 269 g/mol. The Morgan fingerprint density at radius 3 is 2.55 bits per heavy atom. The Balaban J connectivity index is 1.91. The molecule has 1 aliphatic rings. The minimum Gasteiger partial charge on any atom is -0.323 e. The van der Waals surface area contributed by atoms with Gasteiger partial charge in [0.15, 0.2) is 0 Å². The first kappa shape index (κ1) is 12.9. The van der Waals surface area contributed by atoms with Gasteiger partial charge in [0.2, 0.25) is 5.91 Å². The Hall–Kier alpha value is -2.10. The van der Waals surface area contributed by atoms with Crippen LogP contribution < -0.4 is 5.32 Å². The van der Waals surface area contributed by atoms with Crippen molar-refractivity contribution in [3.8, 4) is 0 Å². The Morgan fingerprint density at radius 2 is 1.90 bits per heavy atom. The SMILES string of the molecule is O=C(Nc1cn[nH]c1)C1(c2ccccc2)CCCCC1. The summed E-state index contributed by atoms with van der Waals surface area (Å²) in [4.78, 5) is 12.8. The van der Waals surface area contributed by atoms with E-state index in [1.165, 1.54) is 6.42 Å². The normalized spacial score (nSPS) is 17.6. The molecule has 0 radical (unpaired) electrons. The van der Waals surface area contributed by atoms with Crippen LogP contribution in [0.3, 0.4) is 0 Å². The summed E-state index contributed by atoms with van der Waals surface area (Å²) in [6, 6.07) is 10.2. The molecule has 3 rings (SSSR count). The number of aromatic amines is 1. The average molecular weight is 269 g/mol. The first-order valence-corrected chi connectivity index (χ1v) is 7.17. The van der Waals surface area contributed by atoms with E-state index < -0.39 is 5.41 Å². The smallest absolute Gasteiger partial charge is 0.235 e. The molecule has 0 spiro atoms. The number of hydrogen-bond donors (Lipinski definition) is 2. The number of carbonyl (C=O) groups is 1. The minimum atomic E-state index is -0.392. The van der Waals surface area contributed by atoms with E-state index in [1.54, 1.807) is 12.4 Å². The zero-order valence-corrected chi connectivity index (χ0v) is 11.4. The van der Waals surface area contributed by atoms with E-state index in [9.17, 15) is 4.79 Å². The van der Waals surface area contributed by atoms with E-state index in [2.05, 4.69) is 27.6 Å². The van der Waals surface area contributed by atoms with Crippen molar-refractivity contribution in [1.82, 2.24) is 10.2 Å². The summed E-state index contributed by atoms with van der Waals surface area (Å²) in [5.41, 5.74) is 1.47. The second kappa shape index (κ2) is 5.49. The lowest BCUT2D eigenvalue weighted by Crippen LogP contribution is -2.42. The summed E-state index contributed by atoms with van der Waals surface area (Å²) in [5.74, 6) is 0.0878. The molecule has 2 N–H and O–H groups in total. The number of aromatic nitrogens is 2. The third kappa shape index (κ3) is 2.33. The maximum Gasteiger partial charge on any atom is 0.235 e. The summed E-state index contributed by atoms with van der Waals surface area (Å²) in [6.07, 6.45) is 8.61. The van der Waals surface area contributed by atoms with E-state index >= 15 is 0 Å². The van der Waals surface area contributed by atoms with Gasteiger partial charge in [-0.3, -0.25) is 9.89 Å². The van der Waals surface area contributed by atoms with Crippen LogP contribution in [0.25, 0.3) is 0 Å². The van der Waals surface area contributed by atoms with Gasteiger partial charge in [-0.1, -0.05) is 49.6 Å². The molecule has 0 saturated heterocycles. The van der Waals surface area contributed by atoms with Crippen molar-refractivity contribution in [2.75, 3.05) is 5.32 Å². The van der Waals surface area contributed by atoms with Gasteiger partial charge in [-0.05, 0) is 18.4 Å². The number of anilines is 1. The Bertz CT molecular complexity index is 557. The molecule has 1 aromatic heterocycles. The van der Waals surface area contributed by atoms with Crippen molar-refractivity contribution >= 4 is 11.6 Å². The standard InChI is InChI=1S/C16H19N3O/c20-15(19-14-11-17-18-12-14)16(9-5-2-6-10-16)13-7-3-1-4-8-13/h1,3-4,7-8,11-12H,2,5-6,9-10H2,(H,17,18)(H,19,20). The van der Waals surface area contributed by atoms with Crippen LogP contribution in [0.4, 0.5) is 5.69 Å². The number of rotatable bonds is 3. The van der Waals surface area contributed by atoms with Gasteiger partial charge in [0, 0.05) is 6.20 Å². The van der Waals surface area contributed by atoms with Crippen molar-refractivity contribution in [2.24, 2.45) is 0 Å². The second-order valence-corrected chi connectivity index (χ2v) is 5.45. The lowest BCUT2D eigenvalue weighted by atomic mass is 9.68.